The van der Waals surface area contributed by atoms with E-state index in [1.54, 1.807) is 7.11 Å². The second-order valence-corrected chi connectivity index (χ2v) is 12.0. The molecule has 1 saturated heterocycles. The predicted octanol–water partition coefficient (Wildman–Crippen LogP) is 6.71. The van der Waals surface area contributed by atoms with Crippen molar-refractivity contribution in [3.63, 3.8) is 0 Å². The summed E-state index contributed by atoms with van der Waals surface area (Å²) in [5, 5.41) is 0. The van der Waals surface area contributed by atoms with Gasteiger partial charge in [0.15, 0.2) is 11.5 Å². The fourth-order valence-electron chi connectivity index (χ4n) is 5.91. The number of benzene rings is 2. The molecule has 4 aliphatic rings. The quantitative estimate of drug-likeness (QED) is 0.370. The van der Waals surface area contributed by atoms with Crippen molar-refractivity contribution in [3.8, 4) is 17.2 Å². The largest absolute Gasteiger partial charge is 0.522 e. The third-order valence-electron chi connectivity index (χ3n) is 7.49. The Kier molecular flexibility index (Phi) is 6.49. The first-order chi connectivity index (χ1) is 18.0. The lowest BCUT2D eigenvalue weighted by atomic mass is 9.85. The molecule has 0 radical (unpaired) electrons. The summed E-state index contributed by atoms with van der Waals surface area (Å²) in [5.41, 5.74) is 5.34. The van der Waals surface area contributed by atoms with Gasteiger partial charge in [-0.05, 0) is 54.7 Å². The summed E-state index contributed by atoms with van der Waals surface area (Å²) in [4.78, 5) is 4.09. The van der Waals surface area contributed by atoms with Crippen LogP contribution in [0.15, 0.2) is 24.3 Å². The van der Waals surface area contributed by atoms with Crippen molar-refractivity contribution in [2.75, 3.05) is 38.4 Å². The molecule has 0 N–H and O–H groups in total. The maximum atomic E-state index is 12.8. The average Bonchev–Trinajstić information content (AvgIpc) is 3.32. The summed E-state index contributed by atoms with van der Waals surface area (Å²) in [6.07, 6.45) is -2.40. The highest BCUT2D eigenvalue weighted by Crippen LogP contribution is 2.56. The summed E-state index contributed by atoms with van der Waals surface area (Å²) in [7, 11) is 1.55. The Morgan fingerprint density at radius 1 is 1.00 bits per heavy atom. The highest BCUT2D eigenvalue weighted by Gasteiger charge is 2.47. The van der Waals surface area contributed by atoms with E-state index in [1.165, 1.54) is 0 Å². The van der Waals surface area contributed by atoms with Crippen LogP contribution >= 0.6 is 34.8 Å². The molecular formula is C26H24Cl3F3N2O4. The Balaban J connectivity index is 1.45. The molecule has 2 aromatic rings. The van der Waals surface area contributed by atoms with Gasteiger partial charge in [0.2, 0.25) is 10.6 Å². The minimum absolute atomic E-state index is 0.175. The minimum atomic E-state index is -4.67. The molecule has 0 aliphatic carbocycles. The van der Waals surface area contributed by atoms with Gasteiger partial charge in [0.25, 0.3) is 0 Å². The van der Waals surface area contributed by atoms with Crippen LogP contribution in [0.25, 0.3) is 11.8 Å². The Morgan fingerprint density at radius 3 is 2.37 bits per heavy atom. The van der Waals surface area contributed by atoms with Gasteiger partial charge in [-0.25, -0.2) is 0 Å². The normalized spacial score (nSPS) is 21.0. The number of ether oxygens (including phenoxy) is 4. The first-order valence-corrected chi connectivity index (χ1v) is 13.3. The zero-order valence-corrected chi connectivity index (χ0v) is 22.6. The van der Waals surface area contributed by atoms with E-state index in [0.717, 1.165) is 39.4 Å². The van der Waals surface area contributed by atoms with E-state index in [2.05, 4.69) is 15.7 Å². The highest BCUT2D eigenvalue weighted by molar-refractivity contribution is 6.68. The predicted molar refractivity (Wildman–Crippen MR) is 139 cm³/mol. The molecule has 38 heavy (non-hydrogen) atoms. The maximum Gasteiger partial charge on any atom is 0.522 e. The van der Waals surface area contributed by atoms with Crippen LogP contribution in [0.5, 0.6) is 17.2 Å². The van der Waals surface area contributed by atoms with Gasteiger partial charge in [0, 0.05) is 36.5 Å². The van der Waals surface area contributed by atoms with Crippen molar-refractivity contribution in [3.05, 3.63) is 46.5 Å². The van der Waals surface area contributed by atoms with Crippen LogP contribution in [0, 0.1) is 0 Å². The molecule has 0 aromatic heterocycles. The van der Waals surface area contributed by atoms with Gasteiger partial charge >= 0.3 is 6.36 Å². The van der Waals surface area contributed by atoms with E-state index in [0.29, 0.717) is 37.6 Å². The molecular weight excluding hydrogens is 568 g/mol. The van der Waals surface area contributed by atoms with Crippen LogP contribution in [0.4, 0.5) is 18.9 Å². The maximum absolute atomic E-state index is 12.8. The van der Waals surface area contributed by atoms with Crippen molar-refractivity contribution in [1.82, 2.24) is 4.90 Å². The summed E-state index contributed by atoms with van der Waals surface area (Å²) in [6, 6.07) is 7.06. The molecule has 0 bridgehead atoms. The average molecular weight is 592 g/mol. The zero-order chi connectivity index (χ0) is 26.8. The SMILES string of the molecule is COc1ccc2c(c1N1CCC(OC(F)(F)F)CC1)[C@@H](C(Cl)(Cl)Cl)N1CCc3cc4c(cc3C1=C2)OCO4. The fraction of sp³-hybridized carbons (Fsp3) is 0.462. The number of anilines is 1. The van der Waals surface area contributed by atoms with E-state index in [-0.39, 0.29) is 19.6 Å². The third-order valence-corrected chi connectivity index (χ3v) is 8.11. The molecule has 0 saturated carbocycles. The summed E-state index contributed by atoms with van der Waals surface area (Å²) in [5.74, 6) is 1.95. The molecule has 0 unspecified atom stereocenters. The Morgan fingerprint density at radius 2 is 1.71 bits per heavy atom. The van der Waals surface area contributed by atoms with E-state index >= 15 is 0 Å². The van der Waals surface area contributed by atoms with Crippen molar-refractivity contribution >= 4 is 52.3 Å². The van der Waals surface area contributed by atoms with E-state index in [4.69, 9.17) is 49.0 Å². The molecule has 1 atom stereocenters. The topological polar surface area (TPSA) is 43.4 Å². The first kappa shape index (κ1) is 26.0. The van der Waals surface area contributed by atoms with Gasteiger partial charge in [-0.1, -0.05) is 40.9 Å². The summed E-state index contributed by atoms with van der Waals surface area (Å²) < 4.78 is 57.9. The Bertz CT molecular complexity index is 1290. The van der Waals surface area contributed by atoms with Gasteiger partial charge < -0.3 is 24.0 Å². The molecule has 0 amide bonds. The number of nitrogens with zero attached hydrogens (tertiary/aromatic N) is 2. The molecule has 204 valence electrons. The lowest BCUT2D eigenvalue weighted by molar-refractivity contribution is -0.344. The van der Waals surface area contributed by atoms with Crippen LogP contribution in [-0.2, 0) is 11.2 Å². The monoisotopic (exact) mass is 590 g/mol. The van der Waals surface area contributed by atoms with E-state index in [1.807, 2.05) is 29.2 Å². The lowest BCUT2D eigenvalue weighted by Gasteiger charge is -2.47. The number of rotatable bonds is 3. The van der Waals surface area contributed by atoms with Crippen LogP contribution < -0.4 is 19.1 Å². The van der Waals surface area contributed by atoms with Crippen molar-refractivity contribution < 1.29 is 32.1 Å². The van der Waals surface area contributed by atoms with Crippen LogP contribution in [0.2, 0.25) is 0 Å². The van der Waals surface area contributed by atoms with Crippen molar-refractivity contribution in [1.29, 1.82) is 0 Å². The van der Waals surface area contributed by atoms with Crippen LogP contribution in [0.1, 0.15) is 41.1 Å². The molecule has 6 nitrogen and oxygen atoms in total. The highest BCUT2D eigenvalue weighted by atomic mass is 35.6. The Hall–Kier alpha value is -2.20. The fourth-order valence-corrected chi connectivity index (χ4v) is 6.59. The number of fused-ring (bicyclic) bond motifs is 5. The van der Waals surface area contributed by atoms with Crippen molar-refractivity contribution in [2.45, 2.75) is 41.6 Å². The smallest absolute Gasteiger partial charge is 0.495 e. The summed E-state index contributed by atoms with van der Waals surface area (Å²) >= 11 is 20.1. The second-order valence-electron chi connectivity index (χ2n) is 9.65. The number of methoxy groups -OCH3 is 1. The molecule has 4 aliphatic heterocycles. The molecule has 1 fully saturated rings. The molecule has 0 spiro atoms. The molecule has 12 heteroatoms. The number of halogens is 6. The molecule has 4 heterocycles. The van der Waals surface area contributed by atoms with Gasteiger partial charge in [-0.2, -0.15) is 0 Å². The van der Waals surface area contributed by atoms with Gasteiger partial charge in [-0.15, -0.1) is 13.2 Å². The van der Waals surface area contributed by atoms with Crippen LogP contribution in [0.3, 0.4) is 0 Å². The zero-order valence-electron chi connectivity index (χ0n) is 20.3. The third kappa shape index (κ3) is 4.61. The molecule has 2 aromatic carbocycles. The van der Waals surface area contributed by atoms with Gasteiger partial charge in [0.1, 0.15) is 11.8 Å². The second kappa shape index (κ2) is 9.47. The number of hydrogen-bond donors (Lipinski definition) is 0. The number of piperidine rings is 1. The van der Waals surface area contributed by atoms with E-state index < -0.39 is 22.3 Å². The van der Waals surface area contributed by atoms with Gasteiger partial charge in [0.05, 0.1) is 18.9 Å². The van der Waals surface area contributed by atoms with Gasteiger partial charge in [-0.3, -0.25) is 4.74 Å². The minimum Gasteiger partial charge on any atom is -0.495 e. The lowest BCUT2D eigenvalue weighted by Crippen LogP contribution is -2.44. The Labute approximate surface area is 232 Å². The first-order valence-electron chi connectivity index (χ1n) is 12.2. The standard InChI is InChI=1S/C26H24Cl3F3N2O4/c1-35-19-3-2-15-10-18-17-12-21-20(36-13-37-21)11-14(17)4-9-34(18)24(25(27,28)29)22(15)23(19)33-7-5-16(6-8-33)38-26(30,31)32/h2-3,10-12,16,24H,4-9,13H2,1H3/t24-/m0/s1. The van der Waals surface area contributed by atoms with Crippen molar-refractivity contribution in [2.24, 2.45) is 0 Å². The van der Waals surface area contributed by atoms with E-state index in [9.17, 15) is 13.2 Å². The number of alkyl halides is 6. The molecule has 6 rings (SSSR count). The van der Waals surface area contributed by atoms with Crippen LogP contribution in [-0.4, -0.2) is 54.7 Å². The number of hydrogen-bond acceptors (Lipinski definition) is 6. The summed E-state index contributed by atoms with van der Waals surface area (Å²) in [6.45, 7) is 1.44.